The molecule has 114 valence electrons. The third-order valence-corrected chi connectivity index (χ3v) is 5.25. The summed E-state index contributed by atoms with van der Waals surface area (Å²) in [7, 11) is -3.76. The molecular formula is C13H27NO4S. The molecule has 0 aromatic carbocycles. The van der Waals surface area contributed by atoms with Gasteiger partial charge in [0.15, 0.2) is 5.25 Å². The van der Waals surface area contributed by atoms with Gasteiger partial charge in [0, 0.05) is 13.1 Å². The standard InChI is InChI=1S/C13H27NO4S/c1-10(2)6-8-14(9-7-11(3)4)19(17,18)12(5)13(15)16/h10-12H,6-9H2,1-5H3,(H,15,16). The Hall–Kier alpha value is -0.620. The molecule has 0 heterocycles. The van der Waals surface area contributed by atoms with E-state index in [1.165, 1.54) is 11.2 Å². The summed E-state index contributed by atoms with van der Waals surface area (Å²) < 4.78 is 25.8. The van der Waals surface area contributed by atoms with E-state index in [-0.39, 0.29) is 0 Å². The van der Waals surface area contributed by atoms with Crippen LogP contribution in [-0.4, -0.2) is 42.1 Å². The first kappa shape index (κ1) is 18.4. The molecule has 1 unspecified atom stereocenters. The van der Waals surface area contributed by atoms with Crippen LogP contribution in [0.5, 0.6) is 0 Å². The highest BCUT2D eigenvalue weighted by atomic mass is 32.2. The second-order valence-corrected chi connectivity index (χ2v) is 8.04. The van der Waals surface area contributed by atoms with Crippen molar-refractivity contribution in [1.29, 1.82) is 0 Å². The van der Waals surface area contributed by atoms with E-state index in [0.717, 1.165) is 12.8 Å². The van der Waals surface area contributed by atoms with E-state index in [1.54, 1.807) is 0 Å². The summed E-state index contributed by atoms with van der Waals surface area (Å²) in [6.07, 6.45) is 1.48. The van der Waals surface area contributed by atoms with Crippen LogP contribution in [-0.2, 0) is 14.8 Å². The van der Waals surface area contributed by atoms with E-state index in [1.807, 2.05) is 27.7 Å². The lowest BCUT2D eigenvalue weighted by Crippen LogP contribution is -2.42. The third kappa shape index (κ3) is 6.38. The molecule has 0 fully saturated rings. The van der Waals surface area contributed by atoms with Crippen molar-refractivity contribution in [3.63, 3.8) is 0 Å². The molecule has 0 saturated carbocycles. The normalized spacial score (nSPS) is 14.3. The van der Waals surface area contributed by atoms with Gasteiger partial charge in [-0.25, -0.2) is 12.7 Å². The number of hydrogen-bond donors (Lipinski definition) is 1. The molecule has 5 nitrogen and oxygen atoms in total. The zero-order chi connectivity index (χ0) is 15.2. The van der Waals surface area contributed by atoms with E-state index in [9.17, 15) is 13.2 Å². The smallest absolute Gasteiger partial charge is 0.323 e. The molecule has 19 heavy (non-hydrogen) atoms. The number of nitrogens with zero attached hydrogens (tertiary/aromatic N) is 1. The fraction of sp³-hybridized carbons (Fsp3) is 0.923. The van der Waals surface area contributed by atoms with Crippen LogP contribution in [0.4, 0.5) is 0 Å². The Morgan fingerprint density at radius 2 is 1.37 bits per heavy atom. The van der Waals surface area contributed by atoms with Gasteiger partial charge in [0.2, 0.25) is 10.0 Å². The number of carboxylic acid groups (broad SMARTS) is 1. The number of rotatable bonds is 9. The highest BCUT2D eigenvalue weighted by Crippen LogP contribution is 2.15. The summed E-state index contributed by atoms with van der Waals surface area (Å²) in [6.45, 7) is 10.1. The molecule has 0 rings (SSSR count). The number of aliphatic carboxylic acids is 1. The van der Waals surface area contributed by atoms with Crippen LogP contribution in [0.3, 0.4) is 0 Å². The van der Waals surface area contributed by atoms with Crippen LogP contribution in [0.15, 0.2) is 0 Å². The number of sulfonamides is 1. The average molecular weight is 293 g/mol. The van der Waals surface area contributed by atoms with Crippen molar-refractivity contribution in [1.82, 2.24) is 4.31 Å². The van der Waals surface area contributed by atoms with E-state index in [0.29, 0.717) is 24.9 Å². The summed E-state index contributed by atoms with van der Waals surface area (Å²) in [4.78, 5) is 10.9. The van der Waals surface area contributed by atoms with Crippen molar-refractivity contribution in [2.24, 2.45) is 11.8 Å². The Balaban J connectivity index is 4.93. The van der Waals surface area contributed by atoms with Gasteiger partial charge < -0.3 is 5.11 Å². The van der Waals surface area contributed by atoms with Crippen molar-refractivity contribution in [3.05, 3.63) is 0 Å². The van der Waals surface area contributed by atoms with Crippen LogP contribution in [0, 0.1) is 11.8 Å². The second-order valence-electron chi connectivity index (χ2n) is 5.79. The zero-order valence-electron chi connectivity index (χ0n) is 12.6. The number of hydrogen-bond acceptors (Lipinski definition) is 3. The van der Waals surface area contributed by atoms with Gasteiger partial charge in [0.25, 0.3) is 0 Å². The molecule has 0 aromatic heterocycles. The molecule has 6 heteroatoms. The largest absolute Gasteiger partial charge is 0.480 e. The van der Waals surface area contributed by atoms with Gasteiger partial charge in [-0.1, -0.05) is 27.7 Å². The summed E-state index contributed by atoms with van der Waals surface area (Å²) in [5.41, 5.74) is 0. The molecular weight excluding hydrogens is 266 g/mol. The van der Waals surface area contributed by atoms with Gasteiger partial charge in [0.05, 0.1) is 0 Å². The maximum atomic E-state index is 12.2. The van der Waals surface area contributed by atoms with E-state index in [4.69, 9.17) is 5.11 Å². The molecule has 0 saturated heterocycles. The molecule has 0 bridgehead atoms. The number of carbonyl (C=O) groups is 1. The van der Waals surface area contributed by atoms with Crippen LogP contribution in [0.2, 0.25) is 0 Å². The fourth-order valence-corrected chi connectivity index (χ4v) is 2.94. The Morgan fingerprint density at radius 3 is 1.63 bits per heavy atom. The van der Waals surface area contributed by atoms with Crippen LogP contribution >= 0.6 is 0 Å². The second kappa shape index (κ2) is 7.85. The SMILES string of the molecule is CC(C)CCN(CCC(C)C)S(=O)(=O)C(C)C(=O)O. The third-order valence-electron chi connectivity index (χ3n) is 3.07. The minimum atomic E-state index is -3.76. The zero-order valence-corrected chi connectivity index (χ0v) is 13.4. The molecule has 1 atom stereocenters. The van der Waals surface area contributed by atoms with Crippen molar-refractivity contribution < 1.29 is 18.3 Å². The van der Waals surface area contributed by atoms with E-state index >= 15 is 0 Å². The first-order chi connectivity index (χ1) is 8.59. The molecule has 0 aliphatic rings. The maximum Gasteiger partial charge on any atom is 0.323 e. The van der Waals surface area contributed by atoms with Gasteiger partial charge in [-0.05, 0) is 31.6 Å². The molecule has 0 aliphatic heterocycles. The monoisotopic (exact) mass is 293 g/mol. The molecule has 0 radical (unpaired) electrons. The minimum Gasteiger partial charge on any atom is -0.480 e. The summed E-state index contributed by atoms with van der Waals surface area (Å²) in [5.74, 6) is -0.520. The minimum absolute atomic E-state index is 0.386. The van der Waals surface area contributed by atoms with E-state index < -0.39 is 21.2 Å². The lowest BCUT2D eigenvalue weighted by molar-refractivity contribution is -0.136. The molecule has 0 aliphatic carbocycles. The predicted molar refractivity (Wildman–Crippen MR) is 76.5 cm³/mol. The van der Waals surface area contributed by atoms with Crippen LogP contribution in [0.25, 0.3) is 0 Å². The lowest BCUT2D eigenvalue weighted by Gasteiger charge is -2.25. The lowest BCUT2D eigenvalue weighted by atomic mass is 10.1. The maximum absolute atomic E-state index is 12.2. The number of carboxylic acids is 1. The van der Waals surface area contributed by atoms with Crippen molar-refractivity contribution in [2.75, 3.05) is 13.1 Å². The Bertz CT molecular complexity index is 364. The van der Waals surface area contributed by atoms with E-state index in [2.05, 4.69) is 0 Å². The molecule has 0 amide bonds. The fourth-order valence-electron chi connectivity index (χ4n) is 1.52. The quantitative estimate of drug-likeness (QED) is 0.707. The first-order valence-electron chi connectivity index (χ1n) is 6.80. The van der Waals surface area contributed by atoms with Gasteiger partial charge in [-0.2, -0.15) is 0 Å². The summed E-state index contributed by atoms with van der Waals surface area (Å²) >= 11 is 0. The molecule has 1 N–H and O–H groups in total. The average Bonchev–Trinajstić information content (AvgIpc) is 2.26. The highest BCUT2D eigenvalue weighted by molar-refractivity contribution is 7.90. The van der Waals surface area contributed by atoms with Crippen LogP contribution in [0.1, 0.15) is 47.5 Å². The van der Waals surface area contributed by atoms with Crippen molar-refractivity contribution in [3.8, 4) is 0 Å². The van der Waals surface area contributed by atoms with Gasteiger partial charge >= 0.3 is 5.97 Å². The summed E-state index contributed by atoms with van der Waals surface area (Å²) in [6, 6.07) is 0. The van der Waals surface area contributed by atoms with Gasteiger partial charge in [-0.3, -0.25) is 4.79 Å². The first-order valence-corrected chi connectivity index (χ1v) is 8.31. The molecule has 0 aromatic rings. The Morgan fingerprint density at radius 1 is 1.00 bits per heavy atom. The Kier molecular flexibility index (Phi) is 7.59. The van der Waals surface area contributed by atoms with Crippen LogP contribution < -0.4 is 0 Å². The van der Waals surface area contributed by atoms with Crippen molar-refractivity contribution >= 4 is 16.0 Å². The Labute approximate surface area is 117 Å². The topological polar surface area (TPSA) is 74.7 Å². The molecule has 0 spiro atoms. The summed E-state index contributed by atoms with van der Waals surface area (Å²) in [5, 5.41) is 7.53. The van der Waals surface area contributed by atoms with Gasteiger partial charge in [0.1, 0.15) is 0 Å². The van der Waals surface area contributed by atoms with Crippen molar-refractivity contribution in [2.45, 2.75) is 52.7 Å². The van der Waals surface area contributed by atoms with Gasteiger partial charge in [-0.15, -0.1) is 0 Å². The predicted octanol–water partition coefficient (Wildman–Crippen LogP) is 2.18. The highest BCUT2D eigenvalue weighted by Gasteiger charge is 2.33.